The molecule has 0 fully saturated rings. The molecule has 0 aliphatic heterocycles. The van der Waals surface area contributed by atoms with Crippen LogP contribution in [0.2, 0.25) is 0 Å². The van der Waals surface area contributed by atoms with Crippen molar-refractivity contribution in [2.24, 2.45) is 0 Å². The van der Waals surface area contributed by atoms with Crippen molar-refractivity contribution < 1.29 is 23.9 Å². The number of benzene rings is 2. The lowest BCUT2D eigenvalue weighted by Gasteiger charge is -2.13. The van der Waals surface area contributed by atoms with E-state index in [0.717, 1.165) is 17.0 Å². The zero-order chi connectivity index (χ0) is 20.7. The van der Waals surface area contributed by atoms with Gasteiger partial charge in [0.25, 0.3) is 0 Å². The molecule has 2 aromatic carbocycles. The number of rotatable bonds is 7. The molecule has 0 aliphatic rings. The van der Waals surface area contributed by atoms with Crippen molar-refractivity contribution in [3.8, 4) is 0 Å². The van der Waals surface area contributed by atoms with E-state index in [-0.39, 0.29) is 11.6 Å². The minimum absolute atomic E-state index is 0.105. The first-order valence-corrected chi connectivity index (χ1v) is 9.66. The quantitative estimate of drug-likeness (QED) is 0.417. The van der Waals surface area contributed by atoms with Crippen LogP contribution in [0, 0.1) is 5.82 Å². The van der Waals surface area contributed by atoms with Crippen LogP contribution in [0.1, 0.15) is 6.92 Å². The Morgan fingerprint density at radius 3 is 2.39 bits per heavy atom. The first-order valence-electron chi connectivity index (χ1n) is 7.99. The Bertz CT molecular complexity index is 919. The smallest absolute Gasteiger partial charge is 0.328 e. The lowest BCUT2D eigenvalue weighted by molar-refractivity contribution is -0.131. The summed E-state index contributed by atoms with van der Waals surface area (Å²) < 4.78 is 14.4. The zero-order valence-electron chi connectivity index (χ0n) is 14.6. The number of thioether (sulfide) groups is 1. The Balaban J connectivity index is 1.92. The average molecular weight is 467 g/mol. The number of anilines is 2. The summed E-state index contributed by atoms with van der Waals surface area (Å²) in [5, 5.41) is 13.1. The lowest BCUT2D eigenvalue weighted by Crippen LogP contribution is -2.22. The number of amides is 2. The van der Waals surface area contributed by atoms with Crippen LogP contribution < -0.4 is 10.6 Å². The highest BCUT2D eigenvalue weighted by Crippen LogP contribution is 2.26. The summed E-state index contributed by atoms with van der Waals surface area (Å²) in [6, 6.07) is 11.1. The van der Waals surface area contributed by atoms with Crippen LogP contribution in [0.3, 0.4) is 0 Å². The molecule has 1 unspecified atom stereocenters. The van der Waals surface area contributed by atoms with Crippen LogP contribution in [-0.4, -0.2) is 28.1 Å². The monoisotopic (exact) mass is 466 g/mol. The van der Waals surface area contributed by atoms with E-state index >= 15 is 0 Å². The van der Waals surface area contributed by atoms with E-state index < -0.39 is 22.9 Å². The van der Waals surface area contributed by atoms with Crippen LogP contribution in [0.15, 0.2) is 64.0 Å². The molecule has 0 heterocycles. The van der Waals surface area contributed by atoms with Gasteiger partial charge in [-0.15, -0.1) is 11.8 Å². The fraction of sp³-hybridized carbons (Fsp3) is 0.105. The van der Waals surface area contributed by atoms with Gasteiger partial charge in [-0.1, -0.05) is 15.9 Å². The maximum absolute atomic E-state index is 13.8. The Morgan fingerprint density at radius 1 is 1.11 bits per heavy atom. The van der Waals surface area contributed by atoms with E-state index in [1.165, 1.54) is 23.9 Å². The number of nitrogens with one attached hydrogen (secondary N) is 2. The molecule has 0 bridgehead atoms. The number of carboxylic acids is 1. The highest BCUT2D eigenvalue weighted by Gasteiger charge is 2.16. The van der Waals surface area contributed by atoms with Gasteiger partial charge in [0.15, 0.2) is 0 Å². The standard InChI is InChI=1S/C19H16BrFN2O4S/c1-11(19(27)23-16-7-2-12(20)10-15(16)21)28-14-5-3-13(4-6-14)22-17(24)8-9-18(25)26/h2-11H,1H3,(H,22,24)(H,23,27)(H,25,26)/b9-8+. The number of carboxylic acid groups (broad SMARTS) is 1. The summed E-state index contributed by atoms with van der Waals surface area (Å²) in [6.07, 6.45) is 1.66. The zero-order valence-corrected chi connectivity index (χ0v) is 17.0. The molecule has 0 aromatic heterocycles. The maximum atomic E-state index is 13.8. The van der Waals surface area contributed by atoms with Crippen molar-refractivity contribution in [3.05, 3.63) is 64.9 Å². The first kappa shape index (κ1) is 21.6. The molecule has 0 saturated carbocycles. The van der Waals surface area contributed by atoms with E-state index in [0.29, 0.717) is 10.2 Å². The molecule has 1 atom stereocenters. The number of carbonyl (C=O) groups is 3. The third kappa shape index (κ3) is 6.82. The summed E-state index contributed by atoms with van der Waals surface area (Å²) >= 11 is 4.43. The van der Waals surface area contributed by atoms with Crippen LogP contribution >= 0.6 is 27.7 Å². The van der Waals surface area contributed by atoms with Crippen LogP contribution in [0.25, 0.3) is 0 Å². The fourth-order valence-corrected chi connectivity index (χ4v) is 3.23. The first-order chi connectivity index (χ1) is 13.2. The van der Waals surface area contributed by atoms with E-state index in [1.807, 2.05) is 0 Å². The summed E-state index contributed by atoms with van der Waals surface area (Å²) in [4.78, 5) is 35.0. The van der Waals surface area contributed by atoms with Crippen molar-refractivity contribution in [1.29, 1.82) is 0 Å². The van der Waals surface area contributed by atoms with Gasteiger partial charge in [-0.25, -0.2) is 9.18 Å². The van der Waals surface area contributed by atoms with E-state index in [1.54, 1.807) is 37.3 Å². The van der Waals surface area contributed by atoms with E-state index in [4.69, 9.17) is 5.11 Å². The Labute approximate surface area is 173 Å². The van der Waals surface area contributed by atoms with Crippen molar-refractivity contribution in [2.75, 3.05) is 10.6 Å². The summed E-state index contributed by atoms with van der Waals surface area (Å²) in [6.45, 7) is 1.70. The van der Waals surface area contributed by atoms with Gasteiger partial charge in [0.2, 0.25) is 11.8 Å². The van der Waals surface area contributed by atoms with Gasteiger partial charge in [-0.05, 0) is 49.4 Å². The normalized spacial score (nSPS) is 11.8. The summed E-state index contributed by atoms with van der Waals surface area (Å²) in [7, 11) is 0. The van der Waals surface area contributed by atoms with Crippen molar-refractivity contribution >= 4 is 56.9 Å². The van der Waals surface area contributed by atoms with Gasteiger partial charge < -0.3 is 15.7 Å². The van der Waals surface area contributed by atoms with Gasteiger partial charge in [0.1, 0.15) is 5.82 Å². The molecule has 2 rings (SSSR count). The minimum atomic E-state index is -1.21. The fourth-order valence-electron chi connectivity index (χ4n) is 2.03. The van der Waals surface area contributed by atoms with Gasteiger partial charge in [-0.2, -0.15) is 0 Å². The van der Waals surface area contributed by atoms with E-state index in [2.05, 4.69) is 26.6 Å². The van der Waals surface area contributed by atoms with Gasteiger partial charge in [0, 0.05) is 27.2 Å². The van der Waals surface area contributed by atoms with Crippen LogP contribution in [0.5, 0.6) is 0 Å². The highest BCUT2D eigenvalue weighted by molar-refractivity contribution is 9.10. The molecule has 0 spiro atoms. The third-order valence-electron chi connectivity index (χ3n) is 3.37. The molecule has 28 heavy (non-hydrogen) atoms. The lowest BCUT2D eigenvalue weighted by atomic mass is 10.3. The number of hydrogen-bond donors (Lipinski definition) is 3. The third-order valence-corrected chi connectivity index (χ3v) is 4.98. The SMILES string of the molecule is CC(Sc1ccc(NC(=O)/C=C/C(=O)O)cc1)C(=O)Nc1ccc(Br)cc1F. The molecule has 3 N–H and O–H groups in total. The van der Waals surface area contributed by atoms with Crippen LogP contribution in [0.4, 0.5) is 15.8 Å². The van der Waals surface area contributed by atoms with Crippen molar-refractivity contribution in [3.63, 3.8) is 0 Å². The topological polar surface area (TPSA) is 95.5 Å². The van der Waals surface area contributed by atoms with Gasteiger partial charge in [-0.3, -0.25) is 9.59 Å². The largest absolute Gasteiger partial charge is 0.478 e. The molecular formula is C19H16BrFN2O4S. The molecule has 0 saturated heterocycles. The van der Waals surface area contributed by atoms with E-state index in [9.17, 15) is 18.8 Å². The molecular weight excluding hydrogens is 451 g/mol. The number of aliphatic carboxylic acids is 1. The summed E-state index contributed by atoms with van der Waals surface area (Å²) in [5.74, 6) is -2.65. The Morgan fingerprint density at radius 2 is 1.79 bits per heavy atom. The van der Waals surface area contributed by atoms with Gasteiger partial charge >= 0.3 is 5.97 Å². The predicted molar refractivity (Wildman–Crippen MR) is 110 cm³/mol. The molecule has 2 aromatic rings. The van der Waals surface area contributed by atoms with Crippen molar-refractivity contribution in [1.82, 2.24) is 0 Å². The van der Waals surface area contributed by atoms with Gasteiger partial charge in [0.05, 0.1) is 10.9 Å². The molecule has 9 heteroatoms. The van der Waals surface area contributed by atoms with Crippen molar-refractivity contribution in [2.45, 2.75) is 17.1 Å². The van der Waals surface area contributed by atoms with Crippen LogP contribution in [-0.2, 0) is 14.4 Å². The Kier molecular flexibility index (Phi) is 7.77. The summed E-state index contributed by atoms with van der Waals surface area (Å²) in [5.41, 5.74) is 0.589. The molecule has 0 radical (unpaired) electrons. The second-order valence-electron chi connectivity index (χ2n) is 5.56. The Hall–Kier alpha value is -2.65. The highest BCUT2D eigenvalue weighted by atomic mass is 79.9. The second kappa shape index (κ2) is 10.0. The minimum Gasteiger partial charge on any atom is -0.478 e. The number of carbonyl (C=O) groups excluding carboxylic acids is 2. The number of hydrogen-bond acceptors (Lipinski definition) is 4. The molecule has 0 aliphatic carbocycles. The number of halogens is 2. The predicted octanol–water partition coefficient (Wildman–Crippen LogP) is 4.29. The molecule has 6 nitrogen and oxygen atoms in total. The average Bonchev–Trinajstić information content (AvgIpc) is 2.63. The maximum Gasteiger partial charge on any atom is 0.328 e. The molecule has 2 amide bonds. The molecule has 146 valence electrons. The second-order valence-corrected chi connectivity index (χ2v) is 7.89.